The predicted octanol–water partition coefficient (Wildman–Crippen LogP) is 2.30. The van der Waals surface area contributed by atoms with Crippen LogP contribution in [0.1, 0.15) is 24.3 Å². The highest BCUT2D eigenvalue weighted by Crippen LogP contribution is 2.29. The van der Waals surface area contributed by atoms with Crippen LogP contribution >= 0.6 is 0 Å². The maximum atomic E-state index is 13.5. The molecule has 0 atom stereocenters. The van der Waals surface area contributed by atoms with E-state index in [2.05, 4.69) is 0 Å². The zero-order chi connectivity index (χ0) is 9.97. The largest absolute Gasteiger partial charge is 0.399 e. The molecule has 1 aromatic carbocycles. The molecule has 0 amide bonds. The van der Waals surface area contributed by atoms with Crippen LogP contribution in [0.3, 0.4) is 0 Å². The summed E-state index contributed by atoms with van der Waals surface area (Å²) in [5.41, 5.74) is 6.76. The number of nitrogen functional groups attached to an aromatic ring is 1. The van der Waals surface area contributed by atoms with Crippen molar-refractivity contribution in [1.82, 2.24) is 0 Å². The van der Waals surface area contributed by atoms with Crippen molar-refractivity contribution in [2.75, 3.05) is 18.9 Å². The molecule has 3 heteroatoms. The Hall–Kier alpha value is -1.09. The van der Waals surface area contributed by atoms with Crippen LogP contribution in [-0.4, -0.2) is 13.2 Å². The highest BCUT2D eigenvalue weighted by Gasteiger charge is 2.18. The molecular formula is C11H14FNO. The first kappa shape index (κ1) is 9.46. The fraction of sp³-hybridized carbons (Fsp3) is 0.455. The second-order valence-electron chi connectivity index (χ2n) is 3.67. The lowest BCUT2D eigenvalue weighted by molar-refractivity contribution is 0.0846. The summed E-state index contributed by atoms with van der Waals surface area (Å²) >= 11 is 0. The van der Waals surface area contributed by atoms with Gasteiger partial charge in [0.15, 0.2) is 0 Å². The first-order chi connectivity index (χ1) is 6.77. The summed E-state index contributed by atoms with van der Waals surface area (Å²) in [4.78, 5) is 0. The fourth-order valence-corrected chi connectivity index (χ4v) is 1.88. The minimum Gasteiger partial charge on any atom is -0.399 e. The lowest BCUT2D eigenvalue weighted by Crippen LogP contribution is -2.15. The molecule has 1 aromatic rings. The Balaban J connectivity index is 2.22. The molecule has 14 heavy (non-hydrogen) atoms. The Morgan fingerprint density at radius 3 is 2.64 bits per heavy atom. The molecule has 0 unspecified atom stereocenters. The van der Waals surface area contributed by atoms with E-state index in [4.69, 9.17) is 10.5 Å². The van der Waals surface area contributed by atoms with Crippen molar-refractivity contribution in [3.8, 4) is 0 Å². The van der Waals surface area contributed by atoms with Crippen LogP contribution < -0.4 is 5.73 Å². The van der Waals surface area contributed by atoms with E-state index in [1.54, 1.807) is 12.1 Å². The van der Waals surface area contributed by atoms with E-state index in [9.17, 15) is 4.39 Å². The summed E-state index contributed by atoms with van der Waals surface area (Å²) in [5, 5.41) is 0. The third-order valence-electron chi connectivity index (χ3n) is 2.69. The minimum absolute atomic E-state index is 0.183. The van der Waals surface area contributed by atoms with Gasteiger partial charge in [-0.25, -0.2) is 4.39 Å². The molecular weight excluding hydrogens is 181 g/mol. The summed E-state index contributed by atoms with van der Waals surface area (Å²) in [5.74, 6) is 0.112. The van der Waals surface area contributed by atoms with Crippen molar-refractivity contribution >= 4 is 5.69 Å². The molecule has 1 saturated heterocycles. The lowest BCUT2D eigenvalue weighted by atomic mass is 9.91. The van der Waals surface area contributed by atoms with E-state index in [1.165, 1.54) is 6.07 Å². The van der Waals surface area contributed by atoms with Gasteiger partial charge in [-0.15, -0.1) is 0 Å². The monoisotopic (exact) mass is 195 g/mol. The molecule has 0 aromatic heterocycles. The van der Waals surface area contributed by atoms with E-state index in [-0.39, 0.29) is 5.82 Å². The summed E-state index contributed by atoms with van der Waals surface area (Å²) in [6.45, 7) is 1.46. The summed E-state index contributed by atoms with van der Waals surface area (Å²) < 4.78 is 18.8. The second-order valence-corrected chi connectivity index (χ2v) is 3.67. The van der Waals surface area contributed by atoms with Gasteiger partial charge in [0.1, 0.15) is 5.82 Å². The number of nitrogens with two attached hydrogens (primary N) is 1. The molecule has 0 spiro atoms. The Morgan fingerprint density at radius 2 is 2.00 bits per heavy atom. The molecule has 0 bridgehead atoms. The van der Waals surface area contributed by atoms with Crippen LogP contribution in [-0.2, 0) is 4.74 Å². The van der Waals surface area contributed by atoms with Crippen molar-refractivity contribution in [2.24, 2.45) is 0 Å². The van der Waals surface area contributed by atoms with Gasteiger partial charge in [0.05, 0.1) is 0 Å². The molecule has 0 saturated carbocycles. The van der Waals surface area contributed by atoms with Crippen LogP contribution in [0.15, 0.2) is 18.2 Å². The first-order valence-corrected chi connectivity index (χ1v) is 4.90. The number of benzene rings is 1. The molecule has 2 rings (SSSR count). The smallest absolute Gasteiger partial charge is 0.128 e. The van der Waals surface area contributed by atoms with Gasteiger partial charge >= 0.3 is 0 Å². The molecule has 0 aliphatic carbocycles. The van der Waals surface area contributed by atoms with Gasteiger partial charge < -0.3 is 10.5 Å². The Bertz CT molecular complexity index is 321. The molecule has 76 valence electrons. The van der Waals surface area contributed by atoms with E-state index >= 15 is 0 Å². The molecule has 1 fully saturated rings. The normalized spacial score (nSPS) is 18.4. The predicted molar refractivity (Wildman–Crippen MR) is 53.6 cm³/mol. The quantitative estimate of drug-likeness (QED) is 0.698. The Morgan fingerprint density at radius 1 is 1.29 bits per heavy atom. The first-order valence-electron chi connectivity index (χ1n) is 4.90. The maximum Gasteiger partial charge on any atom is 0.128 e. The van der Waals surface area contributed by atoms with Gasteiger partial charge in [0.2, 0.25) is 0 Å². The average Bonchev–Trinajstić information content (AvgIpc) is 2.19. The van der Waals surface area contributed by atoms with Crippen LogP contribution in [0.4, 0.5) is 10.1 Å². The Kier molecular flexibility index (Phi) is 2.68. The highest BCUT2D eigenvalue weighted by molar-refractivity contribution is 5.41. The van der Waals surface area contributed by atoms with E-state index in [0.29, 0.717) is 11.6 Å². The van der Waals surface area contributed by atoms with E-state index in [1.807, 2.05) is 0 Å². The molecule has 0 radical (unpaired) electrons. The van der Waals surface area contributed by atoms with Gasteiger partial charge in [0.25, 0.3) is 0 Å². The van der Waals surface area contributed by atoms with Crippen molar-refractivity contribution < 1.29 is 9.13 Å². The highest BCUT2D eigenvalue weighted by atomic mass is 19.1. The van der Waals surface area contributed by atoms with Gasteiger partial charge in [-0.1, -0.05) is 6.07 Å². The van der Waals surface area contributed by atoms with Gasteiger partial charge in [-0.3, -0.25) is 0 Å². The fourth-order valence-electron chi connectivity index (χ4n) is 1.88. The van der Waals surface area contributed by atoms with Crippen molar-refractivity contribution in [1.29, 1.82) is 0 Å². The lowest BCUT2D eigenvalue weighted by Gasteiger charge is -2.22. The topological polar surface area (TPSA) is 35.2 Å². The number of hydrogen-bond acceptors (Lipinski definition) is 2. The minimum atomic E-state index is -0.183. The average molecular weight is 195 g/mol. The number of ether oxygens (including phenoxy) is 1. The molecule has 1 aliphatic rings. The molecule has 2 nitrogen and oxygen atoms in total. The molecule has 2 N–H and O–H groups in total. The summed E-state index contributed by atoms with van der Waals surface area (Å²) in [6, 6.07) is 4.94. The zero-order valence-corrected chi connectivity index (χ0v) is 8.00. The summed E-state index contributed by atoms with van der Waals surface area (Å²) in [6.07, 6.45) is 1.81. The van der Waals surface area contributed by atoms with Crippen LogP contribution in [0.25, 0.3) is 0 Å². The van der Waals surface area contributed by atoms with Crippen LogP contribution in [0.5, 0.6) is 0 Å². The number of hydrogen-bond donors (Lipinski definition) is 1. The van der Waals surface area contributed by atoms with Gasteiger partial charge in [0, 0.05) is 18.9 Å². The van der Waals surface area contributed by atoms with Crippen molar-refractivity contribution in [3.05, 3.63) is 29.6 Å². The second kappa shape index (κ2) is 3.96. The zero-order valence-electron chi connectivity index (χ0n) is 8.00. The number of rotatable bonds is 1. The van der Waals surface area contributed by atoms with Gasteiger partial charge in [-0.05, 0) is 36.5 Å². The van der Waals surface area contributed by atoms with Gasteiger partial charge in [-0.2, -0.15) is 0 Å². The molecule has 1 aliphatic heterocycles. The van der Waals surface area contributed by atoms with Crippen molar-refractivity contribution in [2.45, 2.75) is 18.8 Å². The van der Waals surface area contributed by atoms with Crippen LogP contribution in [0.2, 0.25) is 0 Å². The Labute approximate surface area is 82.9 Å². The maximum absolute atomic E-state index is 13.5. The van der Waals surface area contributed by atoms with Crippen LogP contribution in [0, 0.1) is 5.82 Å². The summed E-state index contributed by atoms with van der Waals surface area (Å²) in [7, 11) is 0. The number of halogens is 1. The number of anilines is 1. The standard InChI is InChI=1S/C11H14FNO/c12-11-7-9(13)1-2-10(11)8-3-5-14-6-4-8/h1-2,7-8H,3-6,13H2. The van der Waals surface area contributed by atoms with E-state index in [0.717, 1.165) is 31.6 Å². The van der Waals surface area contributed by atoms with Crippen molar-refractivity contribution in [3.63, 3.8) is 0 Å². The molecule has 1 heterocycles. The third kappa shape index (κ3) is 1.87. The van der Waals surface area contributed by atoms with E-state index < -0.39 is 0 Å². The SMILES string of the molecule is Nc1ccc(C2CCOCC2)c(F)c1. The third-order valence-corrected chi connectivity index (χ3v) is 2.69.